The van der Waals surface area contributed by atoms with Crippen LogP contribution >= 0.6 is 0 Å². The van der Waals surface area contributed by atoms with Crippen LogP contribution in [0, 0.1) is 0 Å². The number of nitrogens with two attached hydrogens (primary N) is 1. The summed E-state index contributed by atoms with van der Waals surface area (Å²) in [6, 6.07) is 9.53. The topological polar surface area (TPSA) is 45.0 Å². The van der Waals surface area contributed by atoms with Crippen molar-refractivity contribution in [3.05, 3.63) is 30.5 Å². The number of rotatable bonds is 2. The average molecular weight is 243 g/mol. The maximum Gasteiger partial charge on any atom is 0.0623 e. The van der Waals surface area contributed by atoms with Gasteiger partial charge in [0.25, 0.3) is 0 Å². The van der Waals surface area contributed by atoms with E-state index in [2.05, 4.69) is 47.4 Å². The number of H-pyrrole nitrogens is 1. The quantitative estimate of drug-likeness (QED) is 0.852. The largest absolute Gasteiger partial charge is 0.370 e. The van der Waals surface area contributed by atoms with E-state index >= 15 is 0 Å². The van der Waals surface area contributed by atoms with Gasteiger partial charge in [-0.2, -0.15) is 0 Å². The van der Waals surface area contributed by atoms with Gasteiger partial charge in [-0.05, 0) is 31.7 Å². The third-order valence-corrected chi connectivity index (χ3v) is 4.24. The first kappa shape index (κ1) is 11.6. The molecule has 1 fully saturated rings. The van der Waals surface area contributed by atoms with Crippen molar-refractivity contribution in [1.29, 1.82) is 0 Å². The molecule has 3 nitrogen and oxygen atoms in total. The van der Waals surface area contributed by atoms with Gasteiger partial charge in [-0.15, -0.1) is 0 Å². The van der Waals surface area contributed by atoms with Crippen LogP contribution in [0.15, 0.2) is 30.5 Å². The molecule has 0 saturated heterocycles. The van der Waals surface area contributed by atoms with Crippen molar-refractivity contribution in [2.45, 2.75) is 37.8 Å². The molecule has 1 heterocycles. The summed E-state index contributed by atoms with van der Waals surface area (Å²) in [5.41, 5.74) is 8.51. The van der Waals surface area contributed by atoms with Crippen molar-refractivity contribution in [3.8, 4) is 0 Å². The van der Waals surface area contributed by atoms with Crippen molar-refractivity contribution >= 4 is 16.6 Å². The molecule has 2 aromatic rings. The second-order valence-corrected chi connectivity index (χ2v) is 5.40. The zero-order chi connectivity index (χ0) is 12.5. The lowest BCUT2D eigenvalue weighted by atomic mass is 9.91. The summed E-state index contributed by atoms with van der Waals surface area (Å²) in [6.45, 7) is 0. The van der Waals surface area contributed by atoms with E-state index in [0.717, 1.165) is 12.8 Å². The minimum Gasteiger partial charge on any atom is -0.370 e. The Morgan fingerprint density at radius 1 is 1.17 bits per heavy atom. The van der Waals surface area contributed by atoms with E-state index in [0.29, 0.717) is 12.1 Å². The number of nitrogens with zero attached hydrogens (tertiary/aromatic N) is 1. The lowest BCUT2D eigenvalue weighted by molar-refractivity contribution is 0.385. The van der Waals surface area contributed by atoms with Gasteiger partial charge in [-0.25, -0.2) is 0 Å². The summed E-state index contributed by atoms with van der Waals surface area (Å²) in [6.07, 6.45) is 6.84. The molecule has 0 aliphatic heterocycles. The third kappa shape index (κ3) is 1.99. The molecule has 0 unspecified atom stereocenters. The molecule has 3 rings (SSSR count). The summed E-state index contributed by atoms with van der Waals surface area (Å²) < 4.78 is 0. The van der Waals surface area contributed by atoms with Crippen molar-refractivity contribution < 1.29 is 0 Å². The fourth-order valence-electron chi connectivity index (χ4n) is 3.03. The summed E-state index contributed by atoms with van der Waals surface area (Å²) in [4.78, 5) is 5.77. The van der Waals surface area contributed by atoms with Gasteiger partial charge in [0.2, 0.25) is 0 Å². The molecule has 0 spiro atoms. The van der Waals surface area contributed by atoms with E-state index in [-0.39, 0.29) is 0 Å². The second-order valence-electron chi connectivity index (χ2n) is 5.40. The first-order valence-corrected chi connectivity index (χ1v) is 6.80. The molecular weight excluding hydrogens is 222 g/mol. The number of aromatic amines is 1. The molecule has 1 aliphatic rings. The summed E-state index contributed by atoms with van der Waals surface area (Å²) in [5, 5.41) is 1.31. The number of benzene rings is 1. The Hall–Kier alpha value is -1.48. The average Bonchev–Trinajstić information content (AvgIpc) is 2.82. The zero-order valence-corrected chi connectivity index (χ0v) is 10.9. The molecule has 18 heavy (non-hydrogen) atoms. The van der Waals surface area contributed by atoms with Crippen LogP contribution in [0.4, 0.5) is 5.69 Å². The van der Waals surface area contributed by atoms with Crippen LogP contribution < -0.4 is 10.6 Å². The molecule has 3 N–H and O–H groups in total. The number of fused-ring (bicyclic) bond motifs is 1. The predicted molar refractivity (Wildman–Crippen MR) is 76.9 cm³/mol. The number of anilines is 1. The molecule has 0 radical (unpaired) electrons. The molecule has 3 heteroatoms. The molecule has 1 aromatic heterocycles. The van der Waals surface area contributed by atoms with Crippen molar-refractivity contribution in [3.63, 3.8) is 0 Å². The number of nitrogens with one attached hydrogen (secondary N) is 1. The zero-order valence-electron chi connectivity index (χ0n) is 10.9. The van der Waals surface area contributed by atoms with E-state index in [1.54, 1.807) is 0 Å². The Labute approximate surface area is 108 Å². The molecule has 0 bridgehead atoms. The fourth-order valence-corrected chi connectivity index (χ4v) is 3.03. The predicted octanol–water partition coefficient (Wildman–Crippen LogP) is 2.87. The SMILES string of the molecule is CN(c1c[nH]c2ccccc12)C1CCC(N)CC1. The maximum atomic E-state index is 5.98. The van der Waals surface area contributed by atoms with Crippen LogP contribution in [-0.2, 0) is 0 Å². The van der Waals surface area contributed by atoms with Crippen LogP contribution in [0.25, 0.3) is 10.9 Å². The normalized spacial score (nSPS) is 24.3. The van der Waals surface area contributed by atoms with E-state index in [1.807, 2.05) is 0 Å². The van der Waals surface area contributed by atoms with Gasteiger partial charge >= 0.3 is 0 Å². The molecule has 1 aromatic carbocycles. The number of para-hydroxylation sites is 1. The molecular formula is C15H21N3. The highest BCUT2D eigenvalue weighted by molar-refractivity contribution is 5.92. The Balaban J connectivity index is 1.85. The molecule has 96 valence electrons. The minimum atomic E-state index is 0.414. The van der Waals surface area contributed by atoms with Crippen LogP contribution in [0.3, 0.4) is 0 Å². The number of aromatic nitrogens is 1. The van der Waals surface area contributed by atoms with Crippen LogP contribution in [0.1, 0.15) is 25.7 Å². The van der Waals surface area contributed by atoms with Crippen molar-refractivity contribution in [2.75, 3.05) is 11.9 Å². The third-order valence-electron chi connectivity index (χ3n) is 4.24. The maximum absolute atomic E-state index is 5.98. The summed E-state index contributed by atoms with van der Waals surface area (Å²) in [5.74, 6) is 0. The Morgan fingerprint density at radius 2 is 1.89 bits per heavy atom. The Morgan fingerprint density at radius 3 is 2.67 bits per heavy atom. The van der Waals surface area contributed by atoms with Gasteiger partial charge in [-0.3, -0.25) is 0 Å². The number of hydrogen-bond donors (Lipinski definition) is 2. The summed E-state index contributed by atoms with van der Waals surface area (Å²) >= 11 is 0. The standard InChI is InChI=1S/C15H21N3/c1-18(12-8-6-11(16)7-9-12)15-10-17-14-5-3-2-4-13(14)15/h2-5,10-12,17H,6-9,16H2,1H3. The highest BCUT2D eigenvalue weighted by Crippen LogP contribution is 2.31. The van der Waals surface area contributed by atoms with Crippen LogP contribution in [-0.4, -0.2) is 24.1 Å². The van der Waals surface area contributed by atoms with Gasteiger partial charge in [-0.1, -0.05) is 18.2 Å². The first-order chi connectivity index (χ1) is 8.75. The van der Waals surface area contributed by atoms with E-state index < -0.39 is 0 Å². The highest BCUT2D eigenvalue weighted by atomic mass is 15.1. The smallest absolute Gasteiger partial charge is 0.0623 e. The van der Waals surface area contributed by atoms with E-state index in [4.69, 9.17) is 5.73 Å². The van der Waals surface area contributed by atoms with E-state index in [9.17, 15) is 0 Å². The first-order valence-electron chi connectivity index (χ1n) is 6.80. The van der Waals surface area contributed by atoms with Gasteiger partial charge < -0.3 is 15.6 Å². The lowest BCUT2D eigenvalue weighted by Crippen LogP contribution is -2.38. The Bertz CT molecular complexity index is 523. The minimum absolute atomic E-state index is 0.414. The lowest BCUT2D eigenvalue weighted by Gasteiger charge is -2.34. The Kier molecular flexibility index (Phi) is 3.00. The monoisotopic (exact) mass is 243 g/mol. The van der Waals surface area contributed by atoms with Crippen LogP contribution in [0.2, 0.25) is 0 Å². The summed E-state index contributed by atoms with van der Waals surface area (Å²) in [7, 11) is 2.21. The molecule has 0 amide bonds. The van der Waals surface area contributed by atoms with Gasteiger partial charge in [0.1, 0.15) is 0 Å². The van der Waals surface area contributed by atoms with Crippen molar-refractivity contribution in [2.24, 2.45) is 5.73 Å². The van der Waals surface area contributed by atoms with Crippen LogP contribution in [0.5, 0.6) is 0 Å². The van der Waals surface area contributed by atoms with Gasteiger partial charge in [0.15, 0.2) is 0 Å². The number of hydrogen-bond acceptors (Lipinski definition) is 2. The molecule has 1 aliphatic carbocycles. The van der Waals surface area contributed by atoms with Gasteiger partial charge in [0.05, 0.1) is 5.69 Å². The van der Waals surface area contributed by atoms with Gasteiger partial charge in [0, 0.05) is 36.2 Å². The fraction of sp³-hybridized carbons (Fsp3) is 0.467. The second kappa shape index (κ2) is 4.65. The molecule has 1 saturated carbocycles. The molecule has 0 atom stereocenters. The highest BCUT2D eigenvalue weighted by Gasteiger charge is 2.23. The van der Waals surface area contributed by atoms with E-state index in [1.165, 1.54) is 29.4 Å². The van der Waals surface area contributed by atoms with Crippen molar-refractivity contribution in [1.82, 2.24) is 4.98 Å².